The number of rotatable bonds is 5. The number of nitrogens with one attached hydrogen (secondary N) is 2. The molecule has 0 saturated carbocycles. The molecule has 3 heterocycles. The van der Waals surface area contributed by atoms with Gasteiger partial charge in [-0.3, -0.25) is 0 Å². The first-order valence-corrected chi connectivity index (χ1v) is 11.8. The second kappa shape index (κ2) is 9.30. The number of nitrogens with zero attached hydrogens (tertiary/aromatic N) is 2. The summed E-state index contributed by atoms with van der Waals surface area (Å²) in [4.78, 5) is 11.9. The van der Waals surface area contributed by atoms with Gasteiger partial charge >= 0.3 is 0 Å². The Balaban J connectivity index is 1.60. The zero-order chi connectivity index (χ0) is 21.3. The number of likely N-dealkylation sites (tertiary alicyclic amines) is 1. The number of fused-ring (bicyclic) bond motifs is 1. The summed E-state index contributed by atoms with van der Waals surface area (Å²) in [6.45, 7) is 7.71. The van der Waals surface area contributed by atoms with Gasteiger partial charge in [0.1, 0.15) is 10.5 Å². The second-order valence-corrected chi connectivity index (χ2v) is 9.49. The summed E-state index contributed by atoms with van der Waals surface area (Å²) in [6.07, 6.45) is 5.93. The van der Waals surface area contributed by atoms with E-state index in [1.165, 1.54) is 32.4 Å². The normalized spacial score (nSPS) is 16.0. The molecule has 30 heavy (non-hydrogen) atoms. The average Bonchev–Trinajstić information content (AvgIpc) is 2.72. The SMILES string of the molecule is Cc1[nH]c(=S)c(S)c(S)c1-c1ccc2cnc(NC(C)CN3CCCCC3)cc2c1. The summed E-state index contributed by atoms with van der Waals surface area (Å²) in [6, 6.07) is 8.87. The van der Waals surface area contributed by atoms with Gasteiger partial charge in [-0.15, -0.1) is 25.3 Å². The van der Waals surface area contributed by atoms with Gasteiger partial charge < -0.3 is 15.2 Å². The van der Waals surface area contributed by atoms with Crippen LogP contribution in [0.25, 0.3) is 21.9 Å². The van der Waals surface area contributed by atoms with E-state index < -0.39 is 0 Å². The van der Waals surface area contributed by atoms with E-state index >= 15 is 0 Å². The van der Waals surface area contributed by atoms with Gasteiger partial charge in [0.05, 0.1) is 4.90 Å². The molecule has 1 aliphatic rings. The van der Waals surface area contributed by atoms with Crippen LogP contribution in [0.4, 0.5) is 5.82 Å². The first-order chi connectivity index (χ1) is 14.4. The maximum atomic E-state index is 5.33. The molecule has 1 unspecified atom stereocenters. The van der Waals surface area contributed by atoms with Crippen LogP contribution in [0.3, 0.4) is 0 Å². The third-order valence-electron chi connectivity index (χ3n) is 5.74. The van der Waals surface area contributed by atoms with Crippen LogP contribution in [0.1, 0.15) is 31.9 Å². The Hall–Kier alpha value is -1.54. The van der Waals surface area contributed by atoms with E-state index in [2.05, 4.69) is 64.0 Å². The van der Waals surface area contributed by atoms with E-state index in [1.807, 2.05) is 13.1 Å². The van der Waals surface area contributed by atoms with Gasteiger partial charge in [0.15, 0.2) is 0 Å². The fraction of sp³-hybridized carbons (Fsp3) is 0.391. The van der Waals surface area contributed by atoms with Crippen LogP contribution in [0.5, 0.6) is 0 Å². The van der Waals surface area contributed by atoms with Crippen LogP contribution in [-0.2, 0) is 0 Å². The fourth-order valence-corrected chi connectivity index (χ4v) is 5.16. The minimum atomic E-state index is 0.350. The molecule has 0 aliphatic carbocycles. The molecule has 1 fully saturated rings. The highest BCUT2D eigenvalue weighted by molar-refractivity contribution is 7.84. The zero-order valence-corrected chi connectivity index (χ0v) is 20.0. The van der Waals surface area contributed by atoms with Crippen LogP contribution in [0.2, 0.25) is 0 Å². The molecule has 4 rings (SSSR count). The van der Waals surface area contributed by atoms with Gasteiger partial charge in [0.25, 0.3) is 0 Å². The molecule has 0 radical (unpaired) electrons. The van der Waals surface area contributed by atoms with E-state index in [0.717, 1.165) is 44.9 Å². The second-order valence-electron chi connectivity index (χ2n) is 8.19. The third kappa shape index (κ3) is 4.69. The van der Waals surface area contributed by atoms with Crippen LogP contribution in [0, 0.1) is 11.6 Å². The first-order valence-electron chi connectivity index (χ1n) is 10.5. The molecule has 1 atom stereocenters. The Morgan fingerprint density at radius 2 is 1.90 bits per heavy atom. The van der Waals surface area contributed by atoms with Crippen molar-refractivity contribution in [2.24, 2.45) is 0 Å². The van der Waals surface area contributed by atoms with Crippen LogP contribution in [0.15, 0.2) is 40.3 Å². The van der Waals surface area contributed by atoms with E-state index in [0.29, 0.717) is 15.6 Å². The number of thiol groups is 2. The Bertz CT molecular complexity index is 1120. The number of benzene rings is 1. The van der Waals surface area contributed by atoms with Crippen molar-refractivity contribution in [3.05, 3.63) is 40.8 Å². The smallest absolute Gasteiger partial charge is 0.126 e. The zero-order valence-electron chi connectivity index (χ0n) is 17.4. The minimum absolute atomic E-state index is 0.350. The van der Waals surface area contributed by atoms with E-state index in [-0.39, 0.29) is 0 Å². The maximum Gasteiger partial charge on any atom is 0.126 e. The molecule has 2 N–H and O–H groups in total. The minimum Gasteiger partial charge on any atom is -0.366 e. The highest BCUT2D eigenvalue weighted by Crippen LogP contribution is 2.35. The van der Waals surface area contributed by atoms with Gasteiger partial charge in [-0.2, -0.15) is 0 Å². The average molecular weight is 457 g/mol. The van der Waals surface area contributed by atoms with E-state index in [4.69, 9.17) is 24.8 Å². The number of aromatic nitrogens is 2. The molecular weight excluding hydrogens is 428 g/mol. The monoisotopic (exact) mass is 456 g/mol. The molecule has 0 spiro atoms. The summed E-state index contributed by atoms with van der Waals surface area (Å²) in [7, 11) is 0. The number of pyridine rings is 2. The van der Waals surface area contributed by atoms with Gasteiger partial charge in [0.2, 0.25) is 0 Å². The topological polar surface area (TPSA) is 44.0 Å². The Morgan fingerprint density at radius 3 is 2.67 bits per heavy atom. The number of piperidine rings is 1. The lowest BCUT2D eigenvalue weighted by molar-refractivity contribution is 0.223. The van der Waals surface area contributed by atoms with Crippen molar-refractivity contribution in [1.29, 1.82) is 0 Å². The predicted molar refractivity (Wildman–Crippen MR) is 135 cm³/mol. The van der Waals surface area contributed by atoms with Crippen molar-refractivity contribution in [1.82, 2.24) is 14.9 Å². The summed E-state index contributed by atoms with van der Waals surface area (Å²) in [5.41, 5.74) is 3.11. The van der Waals surface area contributed by atoms with Crippen molar-refractivity contribution >= 4 is 54.1 Å². The standard InChI is InChI=1S/C23H28N4S3/c1-14(13-27-8-4-3-5-9-27)25-19-11-18-10-16(6-7-17(18)12-24-19)20-15(2)26-23(30)22(29)21(20)28/h6-7,10-12,14,29H,3-5,8-9,13H2,1-2H3,(H,24,25)(H2,26,28,30). The Kier molecular flexibility index (Phi) is 6.72. The lowest BCUT2D eigenvalue weighted by Crippen LogP contribution is -2.38. The summed E-state index contributed by atoms with van der Waals surface area (Å²) in [5.74, 6) is 0.911. The van der Waals surface area contributed by atoms with Crippen molar-refractivity contribution < 1.29 is 0 Å². The van der Waals surface area contributed by atoms with Crippen LogP contribution < -0.4 is 5.32 Å². The van der Waals surface area contributed by atoms with Gasteiger partial charge in [0, 0.05) is 40.3 Å². The molecule has 1 saturated heterocycles. The van der Waals surface area contributed by atoms with Crippen molar-refractivity contribution in [3.63, 3.8) is 0 Å². The molecule has 0 amide bonds. The van der Waals surface area contributed by atoms with Crippen molar-refractivity contribution in [2.75, 3.05) is 25.0 Å². The Morgan fingerprint density at radius 1 is 1.13 bits per heavy atom. The fourth-order valence-electron chi connectivity index (χ4n) is 4.25. The molecule has 0 bridgehead atoms. The number of aryl methyl sites for hydroxylation is 1. The van der Waals surface area contributed by atoms with Crippen molar-refractivity contribution in [2.45, 2.75) is 48.9 Å². The van der Waals surface area contributed by atoms with Gasteiger partial charge in [-0.1, -0.05) is 30.8 Å². The molecule has 2 aromatic heterocycles. The largest absolute Gasteiger partial charge is 0.366 e. The van der Waals surface area contributed by atoms with Crippen LogP contribution >= 0.6 is 37.5 Å². The van der Waals surface area contributed by atoms with Gasteiger partial charge in [-0.25, -0.2) is 4.98 Å². The van der Waals surface area contributed by atoms with Crippen LogP contribution in [-0.4, -0.2) is 40.5 Å². The maximum absolute atomic E-state index is 5.33. The predicted octanol–water partition coefficient (Wildman–Crippen LogP) is 6.13. The molecule has 3 aromatic rings. The molecule has 7 heteroatoms. The molecule has 1 aliphatic heterocycles. The van der Waals surface area contributed by atoms with Crippen molar-refractivity contribution in [3.8, 4) is 11.1 Å². The third-order valence-corrected chi connectivity index (χ3v) is 7.27. The molecule has 4 nitrogen and oxygen atoms in total. The molecule has 158 valence electrons. The summed E-state index contributed by atoms with van der Waals surface area (Å²) in [5, 5.41) is 5.84. The van der Waals surface area contributed by atoms with E-state index in [9.17, 15) is 0 Å². The molecular formula is C23H28N4S3. The van der Waals surface area contributed by atoms with E-state index in [1.54, 1.807) is 0 Å². The number of H-pyrrole nitrogens is 1. The Labute approximate surface area is 194 Å². The number of hydrogen-bond acceptors (Lipinski definition) is 6. The number of hydrogen-bond donors (Lipinski definition) is 4. The first kappa shape index (κ1) is 21.7. The lowest BCUT2D eigenvalue weighted by atomic mass is 10.0. The highest BCUT2D eigenvalue weighted by Gasteiger charge is 2.15. The summed E-state index contributed by atoms with van der Waals surface area (Å²) < 4.78 is 0.615. The summed E-state index contributed by atoms with van der Waals surface area (Å²) >= 11 is 14.5. The number of anilines is 1. The van der Waals surface area contributed by atoms with Gasteiger partial charge in [-0.05, 0) is 62.9 Å². The quantitative estimate of drug-likeness (QED) is 0.275. The lowest BCUT2D eigenvalue weighted by Gasteiger charge is -2.29. The molecule has 1 aromatic carbocycles. The number of aromatic amines is 1. The highest BCUT2D eigenvalue weighted by atomic mass is 32.1.